The van der Waals surface area contributed by atoms with E-state index in [0.717, 1.165) is 6.42 Å². The van der Waals surface area contributed by atoms with Gasteiger partial charge in [0, 0.05) is 12.3 Å². The van der Waals surface area contributed by atoms with E-state index >= 15 is 0 Å². The van der Waals surface area contributed by atoms with Crippen molar-refractivity contribution in [3.8, 4) is 0 Å². The van der Waals surface area contributed by atoms with Gasteiger partial charge in [-0.15, -0.1) is 0 Å². The van der Waals surface area contributed by atoms with Crippen molar-refractivity contribution in [2.45, 2.75) is 52.4 Å². The summed E-state index contributed by atoms with van der Waals surface area (Å²) in [6.45, 7) is 4.46. The Kier molecular flexibility index (Phi) is 3.83. The van der Waals surface area contributed by atoms with Crippen LogP contribution in [0.5, 0.6) is 0 Å². The fraction of sp³-hybridized carbons (Fsp3) is 0.800. The van der Waals surface area contributed by atoms with Crippen molar-refractivity contribution in [1.29, 1.82) is 0 Å². The van der Waals surface area contributed by atoms with Crippen molar-refractivity contribution in [2.24, 2.45) is 23.7 Å². The topological polar surface area (TPSA) is 17.1 Å². The van der Waals surface area contributed by atoms with E-state index in [1.165, 1.54) is 32.1 Å². The first-order chi connectivity index (χ1) is 7.76. The predicted octanol–water partition coefficient (Wildman–Crippen LogP) is 3.98. The van der Waals surface area contributed by atoms with E-state index in [4.69, 9.17) is 0 Å². The van der Waals surface area contributed by atoms with Crippen LogP contribution in [0.4, 0.5) is 0 Å². The van der Waals surface area contributed by atoms with Crippen molar-refractivity contribution in [1.82, 2.24) is 0 Å². The Morgan fingerprint density at radius 3 is 2.44 bits per heavy atom. The second-order valence-corrected chi connectivity index (χ2v) is 5.53. The van der Waals surface area contributed by atoms with Crippen LogP contribution in [0.15, 0.2) is 12.2 Å². The second-order valence-electron chi connectivity index (χ2n) is 5.53. The average molecular weight is 220 g/mol. The summed E-state index contributed by atoms with van der Waals surface area (Å²) in [5.41, 5.74) is 0. The zero-order valence-electron chi connectivity index (χ0n) is 10.6. The van der Waals surface area contributed by atoms with E-state index in [0.29, 0.717) is 29.5 Å². The number of carbonyl (C=O) groups excluding carboxylic acids is 1. The van der Waals surface area contributed by atoms with Gasteiger partial charge in [0.05, 0.1) is 0 Å². The first-order valence-corrected chi connectivity index (χ1v) is 6.95. The van der Waals surface area contributed by atoms with E-state index in [9.17, 15) is 4.79 Å². The second kappa shape index (κ2) is 5.16. The van der Waals surface area contributed by atoms with Crippen LogP contribution < -0.4 is 0 Å². The van der Waals surface area contributed by atoms with Gasteiger partial charge in [0.1, 0.15) is 5.78 Å². The third-order valence-corrected chi connectivity index (χ3v) is 4.62. The van der Waals surface area contributed by atoms with Gasteiger partial charge in [-0.25, -0.2) is 0 Å². The Labute approximate surface area is 99.3 Å². The summed E-state index contributed by atoms with van der Waals surface area (Å²) in [5.74, 6) is 2.92. The summed E-state index contributed by atoms with van der Waals surface area (Å²) in [5, 5.41) is 0. The molecule has 2 rings (SSSR count). The zero-order valence-corrected chi connectivity index (χ0v) is 10.6. The highest BCUT2D eigenvalue weighted by molar-refractivity contribution is 5.83. The smallest absolute Gasteiger partial charge is 0.137 e. The van der Waals surface area contributed by atoms with Crippen LogP contribution >= 0.6 is 0 Å². The molecule has 0 aromatic carbocycles. The lowest BCUT2D eigenvalue weighted by molar-refractivity contribution is -0.133. The lowest BCUT2D eigenvalue weighted by Crippen LogP contribution is -2.42. The van der Waals surface area contributed by atoms with Gasteiger partial charge < -0.3 is 0 Å². The molecule has 0 amide bonds. The fourth-order valence-electron chi connectivity index (χ4n) is 3.50. The van der Waals surface area contributed by atoms with E-state index in [2.05, 4.69) is 26.0 Å². The summed E-state index contributed by atoms with van der Waals surface area (Å²) in [6, 6.07) is 0. The number of hydrogen-bond acceptors (Lipinski definition) is 1. The van der Waals surface area contributed by atoms with Crippen LogP contribution in [0.1, 0.15) is 52.4 Å². The summed E-state index contributed by atoms with van der Waals surface area (Å²) in [6.07, 6.45) is 11.3. The van der Waals surface area contributed by atoms with E-state index < -0.39 is 0 Å². The first kappa shape index (κ1) is 11.9. The normalized spacial score (nSPS) is 37.4. The van der Waals surface area contributed by atoms with E-state index in [1.54, 1.807) is 0 Å². The van der Waals surface area contributed by atoms with Gasteiger partial charge in [-0.2, -0.15) is 0 Å². The van der Waals surface area contributed by atoms with Gasteiger partial charge in [-0.3, -0.25) is 4.79 Å². The molecular formula is C15H24O. The van der Waals surface area contributed by atoms with Gasteiger partial charge in [-0.1, -0.05) is 38.8 Å². The molecule has 1 fully saturated rings. The largest absolute Gasteiger partial charge is 0.299 e. The molecule has 0 bridgehead atoms. The highest BCUT2D eigenvalue weighted by Gasteiger charge is 2.43. The Morgan fingerprint density at radius 1 is 1.25 bits per heavy atom. The number of Topliss-reactive ketones (excluding diaryl/α,β-unsaturated/α-hetero) is 1. The highest BCUT2D eigenvalue weighted by Crippen LogP contribution is 2.45. The van der Waals surface area contributed by atoms with Gasteiger partial charge in [0.2, 0.25) is 0 Å². The highest BCUT2D eigenvalue weighted by atomic mass is 16.1. The predicted molar refractivity (Wildman–Crippen MR) is 67.2 cm³/mol. The third-order valence-electron chi connectivity index (χ3n) is 4.62. The average Bonchev–Trinajstić information content (AvgIpc) is 2.70. The molecular weight excluding hydrogens is 196 g/mol. The molecule has 90 valence electrons. The number of hydrogen-bond donors (Lipinski definition) is 0. The van der Waals surface area contributed by atoms with Crippen LogP contribution in [0.25, 0.3) is 0 Å². The summed E-state index contributed by atoms with van der Waals surface area (Å²) >= 11 is 0. The molecule has 0 aromatic rings. The van der Waals surface area contributed by atoms with Crippen molar-refractivity contribution in [3.63, 3.8) is 0 Å². The Hall–Kier alpha value is -0.590. The maximum absolute atomic E-state index is 12.3. The molecule has 3 atom stereocenters. The maximum Gasteiger partial charge on any atom is 0.137 e. The number of carbonyl (C=O) groups is 1. The van der Waals surface area contributed by atoms with Crippen molar-refractivity contribution in [2.75, 3.05) is 0 Å². The number of ketones is 1. The van der Waals surface area contributed by atoms with Crippen molar-refractivity contribution >= 4 is 5.78 Å². The SMILES string of the molecule is CCC1CC(CC)C1C(=O)CC1C=CCC1. The minimum atomic E-state index is 0.406. The first-order valence-electron chi connectivity index (χ1n) is 6.95. The summed E-state index contributed by atoms with van der Waals surface area (Å²) in [4.78, 5) is 12.3. The van der Waals surface area contributed by atoms with E-state index in [1.807, 2.05) is 0 Å². The standard InChI is InChI=1S/C15H24O/c1-3-12-10-13(4-2)15(12)14(16)9-11-7-5-6-8-11/h5,7,11-13,15H,3-4,6,8-10H2,1-2H3. The van der Waals surface area contributed by atoms with E-state index in [-0.39, 0.29) is 0 Å². The minimum Gasteiger partial charge on any atom is -0.299 e. The van der Waals surface area contributed by atoms with Crippen LogP contribution in [-0.2, 0) is 4.79 Å². The molecule has 0 saturated heterocycles. The third kappa shape index (κ3) is 2.23. The van der Waals surface area contributed by atoms with Gasteiger partial charge >= 0.3 is 0 Å². The molecule has 16 heavy (non-hydrogen) atoms. The lowest BCUT2D eigenvalue weighted by Gasteiger charge is -2.43. The lowest BCUT2D eigenvalue weighted by atomic mass is 9.60. The number of allylic oxidation sites excluding steroid dienone is 2. The van der Waals surface area contributed by atoms with Crippen LogP contribution in [0.2, 0.25) is 0 Å². The molecule has 1 saturated carbocycles. The molecule has 0 heterocycles. The molecule has 3 unspecified atom stereocenters. The summed E-state index contributed by atoms with van der Waals surface area (Å²) in [7, 11) is 0. The molecule has 2 aliphatic rings. The van der Waals surface area contributed by atoms with Gasteiger partial charge in [0.15, 0.2) is 0 Å². The Balaban J connectivity index is 1.89. The molecule has 0 aromatic heterocycles. The summed E-state index contributed by atoms with van der Waals surface area (Å²) < 4.78 is 0. The number of rotatable bonds is 5. The Morgan fingerprint density at radius 2 is 1.94 bits per heavy atom. The molecule has 1 nitrogen and oxygen atoms in total. The van der Waals surface area contributed by atoms with Crippen LogP contribution in [0.3, 0.4) is 0 Å². The van der Waals surface area contributed by atoms with Crippen molar-refractivity contribution < 1.29 is 4.79 Å². The quantitative estimate of drug-likeness (QED) is 0.640. The zero-order chi connectivity index (χ0) is 11.5. The molecule has 2 aliphatic carbocycles. The van der Waals surface area contributed by atoms with Gasteiger partial charge in [-0.05, 0) is 37.0 Å². The minimum absolute atomic E-state index is 0.406. The molecule has 0 spiro atoms. The van der Waals surface area contributed by atoms with Gasteiger partial charge in [0.25, 0.3) is 0 Å². The fourth-order valence-corrected chi connectivity index (χ4v) is 3.50. The molecule has 0 N–H and O–H groups in total. The monoisotopic (exact) mass is 220 g/mol. The van der Waals surface area contributed by atoms with Crippen LogP contribution in [-0.4, -0.2) is 5.78 Å². The molecule has 1 heteroatoms. The van der Waals surface area contributed by atoms with Crippen LogP contribution in [0, 0.1) is 23.7 Å². The molecule has 0 radical (unpaired) electrons. The molecule has 0 aliphatic heterocycles. The van der Waals surface area contributed by atoms with Crippen molar-refractivity contribution in [3.05, 3.63) is 12.2 Å². The Bertz CT molecular complexity index is 269. The maximum atomic E-state index is 12.3.